The van der Waals surface area contributed by atoms with Crippen LogP contribution in [0.4, 0.5) is 11.4 Å². The summed E-state index contributed by atoms with van der Waals surface area (Å²) in [6, 6.07) is 15.1. The minimum atomic E-state index is -3.95. The number of rotatable bonds is 8. The lowest BCUT2D eigenvalue weighted by molar-refractivity contribution is -0.117. The zero-order valence-electron chi connectivity index (χ0n) is 19.2. The van der Waals surface area contributed by atoms with E-state index in [0.717, 1.165) is 27.5 Å². The fourth-order valence-corrected chi connectivity index (χ4v) is 5.32. The Bertz CT molecular complexity index is 1280. The van der Waals surface area contributed by atoms with E-state index in [1.165, 1.54) is 18.4 Å². The third kappa shape index (κ3) is 5.21. The van der Waals surface area contributed by atoms with Crippen LogP contribution in [0.5, 0.6) is 0 Å². The molecule has 2 amide bonds. The zero-order chi connectivity index (χ0) is 24.3. The predicted octanol–water partition coefficient (Wildman–Crippen LogP) is 3.85. The standard InChI is InChI=1S/C25H27N3O5S/c1-18-7-10-22(11-8-18)34(31,32)27(16-21-5-4-14-33-21)17-24(29)26-20-9-12-23(19(2)15-20)28-13-3-6-25(28)30/h4-5,7-12,14-15H,3,6,13,16-17H2,1-2H3,(H,26,29). The molecule has 0 bridgehead atoms. The van der Waals surface area contributed by atoms with Gasteiger partial charge < -0.3 is 14.6 Å². The topological polar surface area (TPSA) is 99.9 Å². The molecule has 3 aromatic rings. The second-order valence-corrected chi connectivity index (χ2v) is 10.3. The fraction of sp³-hybridized carbons (Fsp3) is 0.280. The Labute approximate surface area is 199 Å². The molecule has 0 spiro atoms. The van der Waals surface area contributed by atoms with Crippen LogP contribution < -0.4 is 10.2 Å². The van der Waals surface area contributed by atoms with Crippen LogP contribution in [-0.2, 0) is 26.2 Å². The molecule has 1 aromatic heterocycles. The van der Waals surface area contributed by atoms with Gasteiger partial charge in [-0.2, -0.15) is 4.31 Å². The number of carbonyl (C=O) groups is 2. The first kappa shape index (κ1) is 23.7. The Morgan fingerprint density at radius 3 is 2.50 bits per heavy atom. The summed E-state index contributed by atoms with van der Waals surface area (Å²) < 4.78 is 33.0. The molecule has 9 heteroatoms. The summed E-state index contributed by atoms with van der Waals surface area (Å²) in [5.74, 6) is 0.0420. The molecule has 4 rings (SSSR count). The average molecular weight is 482 g/mol. The SMILES string of the molecule is Cc1ccc(S(=O)(=O)N(CC(=O)Nc2ccc(N3CCCC3=O)c(C)c2)Cc2ccco2)cc1. The summed E-state index contributed by atoms with van der Waals surface area (Å²) in [4.78, 5) is 26.8. The average Bonchev–Trinajstić information content (AvgIpc) is 3.45. The van der Waals surface area contributed by atoms with Gasteiger partial charge in [0.2, 0.25) is 21.8 Å². The van der Waals surface area contributed by atoms with Crippen molar-refractivity contribution in [2.75, 3.05) is 23.3 Å². The number of anilines is 2. The van der Waals surface area contributed by atoms with Crippen molar-refractivity contribution in [3.63, 3.8) is 0 Å². The number of hydrogen-bond acceptors (Lipinski definition) is 5. The molecule has 0 radical (unpaired) electrons. The number of sulfonamides is 1. The Morgan fingerprint density at radius 2 is 1.88 bits per heavy atom. The number of aryl methyl sites for hydroxylation is 2. The molecule has 0 atom stereocenters. The van der Waals surface area contributed by atoms with Crippen LogP contribution in [0.25, 0.3) is 0 Å². The van der Waals surface area contributed by atoms with Gasteiger partial charge in [-0.3, -0.25) is 9.59 Å². The second kappa shape index (κ2) is 9.82. The lowest BCUT2D eigenvalue weighted by Gasteiger charge is -2.22. The van der Waals surface area contributed by atoms with Crippen molar-refractivity contribution in [3.8, 4) is 0 Å². The quantitative estimate of drug-likeness (QED) is 0.527. The minimum Gasteiger partial charge on any atom is -0.468 e. The van der Waals surface area contributed by atoms with Crippen molar-refractivity contribution in [1.82, 2.24) is 4.31 Å². The number of nitrogens with zero attached hydrogens (tertiary/aromatic N) is 2. The summed E-state index contributed by atoms with van der Waals surface area (Å²) in [6.07, 6.45) is 2.83. The first-order chi connectivity index (χ1) is 16.2. The number of amides is 2. The van der Waals surface area contributed by atoms with Gasteiger partial charge in [-0.1, -0.05) is 17.7 Å². The summed E-state index contributed by atoms with van der Waals surface area (Å²) in [5.41, 5.74) is 3.14. The molecule has 1 aliphatic heterocycles. The van der Waals surface area contributed by atoms with E-state index in [0.29, 0.717) is 24.4 Å². The van der Waals surface area contributed by atoms with E-state index in [4.69, 9.17) is 4.42 Å². The Morgan fingerprint density at radius 1 is 1.12 bits per heavy atom. The van der Waals surface area contributed by atoms with Gasteiger partial charge in [-0.15, -0.1) is 0 Å². The van der Waals surface area contributed by atoms with Crippen molar-refractivity contribution < 1.29 is 22.4 Å². The largest absolute Gasteiger partial charge is 0.468 e. The van der Waals surface area contributed by atoms with Gasteiger partial charge in [0.15, 0.2) is 0 Å². The third-order valence-electron chi connectivity index (χ3n) is 5.74. The van der Waals surface area contributed by atoms with Gasteiger partial charge in [0.25, 0.3) is 0 Å². The maximum absolute atomic E-state index is 13.3. The van der Waals surface area contributed by atoms with Crippen LogP contribution in [0.3, 0.4) is 0 Å². The molecule has 178 valence electrons. The summed E-state index contributed by atoms with van der Waals surface area (Å²) in [5, 5.41) is 2.78. The molecule has 1 fully saturated rings. The smallest absolute Gasteiger partial charge is 0.243 e. The molecule has 1 N–H and O–H groups in total. The Kier molecular flexibility index (Phi) is 6.85. The molecular formula is C25H27N3O5S. The van der Waals surface area contributed by atoms with E-state index >= 15 is 0 Å². The molecule has 8 nitrogen and oxygen atoms in total. The number of furan rings is 1. The minimum absolute atomic E-state index is 0.0777. The number of nitrogens with one attached hydrogen (secondary N) is 1. The molecule has 2 heterocycles. The van der Waals surface area contributed by atoms with Crippen molar-refractivity contribution in [2.45, 2.75) is 38.1 Å². The summed E-state index contributed by atoms with van der Waals surface area (Å²) in [6.45, 7) is 3.97. The van der Waals surface area contributed by atoms with Crippen LogP contribution in [-0.4, -0.2) is 37.6 Å². The van der Waals surface area contributed by atoms with E-state index in [1.807, 2.05) is 13.8 Å². The highest BCUT2D eigenvalue weighted by atomic mass is 32.2. The van der Waals surface area contributed by atoms with Gasteiger partial charge in [0, 0.05) is 24.3 Å². The molecule has 1 aliphatic rings. The Hall–Kier alpha value is -3.43. The molecule has 0 aliphatic carbocycles. The lowest BCUT2D eigenvalue weighted by Crippen LogP contribution is -2.37. The highest BCUT2D eigenvalue weighted by Gasteiger charge is 2.28. The van der Waals surface area contributed by atoms with Crippen molar-refractivity contribution in [1.29, 1.82) is 0 Å². The summed E-state index contributed by atoms with van der Waals surface area (Å²) in [7, 11) is -3.95. The highest BCUT2D eigenvalue weighted by Crippen LogP contribution is 2.27. The number of hydrogen-bond donors (Lipinski definition) is 1. The zero-order valence-corrected chi connectivity index (χ0v) is 20.0. The van der Waals surface area contributed by atoms with Crippen molar-refractivity contribution >= 4 is 33.2 Å². The van der Waals surface area contributed by atoms with E-state index < -0.39 is 15.9 Å². The van der Waals surface area contributed by atoms with Gasteiger partial charge in [-0.05, 0) is 68.3 Å². The van der Waals surface area contributed by atoms with Gasteiger partial charge >= 0.3 is 0 Å². The van der Waals surface area contributed by atoms with Gasteiger partial charge in [-0.25, -0.2) is 8.42 Å². The molecule has 0 unspecified atom stereocenters. The molecule has 34 heavy (non-hydrogen) atoms. The first-order valence-electron chi connectivity index (χ1n) is 11.0. The summed E-state index contributed by atoms with van der Waals surface area (Å²) >= 11 is 0. The Balaban J connectivity index is 1.52. The van der Waals surface area contributed by atoms with E-state index in [2.05, 4.69) is 5.32 Å². The van der Waals surface area contributed by atoms with Crippen LogP contribution in [0.1, 0.15) is 29.7 Å². The monoisotopic (exact) mass is 481 g/mol. The normalized spacial score (nSPS) is 14.1. The van der Waals surface area contributed by atoms with Crippen molar-refractivity contribution in [2.24, 2.45) is 0 Å². The third-order valence-corrected chi connectivity index (χ3v) is 7.54. The molecule has 2 aromatic carbocycles. The van der Waals surface area contributed by atoms with E-state index in [9.17, 15) is 18.0 Å². The maximum atomic E-state index is 13.3. The van der Waals surface area contributed by atoms with E-state index in [-0.39, 0.29) is 23.9 Å². The lowest BCUT2D eigenvalue weighted by atomic mass is 10.1. The first-order valence-corrected chi connectivity index (χ1v) is 12.5. The maximum Gasteiger partial charge on any atom is 0.243 e. The van der Waals surface area contributed by atoms with Gasteiger partial charge in [0.05, 0.1) is 24.2 Å². The predicted molar refractivity (Wildman–Crippen MR) is 129 cm³/mol. The van der Waals surface area contributed by atoms with Gasteiger partial charge in [0.1, 0.15) is 5.76 Å². The van der Waals surface area contributed by atoms with Crippen LogP contribution in [0, 0.1) is 13.8 Å². The number of benzene rings is 2. The van der Waals surface area contributed by atoms with Crippen LogP contribution in [0.15, 0.2) is 70.2 Å². The van der Waals surface area contributed by atoms with E-state index in [1.54, 1.807) is 47.4 Å². The van der Waals surface area contributed by atoms with Crippen LogP contribution >= 0.6 is 0 Å². The fourth-order valence-electron chi connectivity index (χ4n) is 3.96. The molecular weight excluding hydrogens is 454 g/mol. The second-order valence-electron chi connectivity index (χ2n) is 8.36. The molecule has 0 saturated carbocycles. The number of carbonyl (C=O) groups excluding carboxylic acids is 2. The van der Waals surface area contributed by atoms with Crippen LogP contribution in [0.2, 0.25) is 0 Å². The highest BCUT2D eigenvalue weighted by molar-refractivity contribution is 7.89. The molecule has 1 saturated heterocycles. The van der Waals surface area contributed by atoms with Crippen molar-refractivity contribution in [3.05, 3.63) is 77.7 Å².